The Morgan fingerprint density at radius 3 is 1.72 bits per heavy atom. The van der Waals surface area contributed by atoms with E-state index in [0.717, 1.165) is 72.1 Å². The van der Waals surface area contributed by atoms with Gasteiger partial charge >= 0.3 is 5.97 Å². The molecule has 0 aliphatic carbocycles. The van der Waals surface area contributed by atoms with Crippen molar-refractivity contribution < 1.29 is 9.90 Å². The topological polar surface area (TPSA) is 70.8 Å². The lowest BCUT2D eigenvalue weighted by atomic mass is 10.0. The van der Waals surface area contributed by atoms with E-state index in [9.17, 15) is 15.2 Å². The molecule has 65 heavy (non-hydrogen) atoms. The van der Waals surface area contributed by atoms with Crippen molar-refractivity contribution in [1.29, 1.82) is 5.26 Å². The summed E-state index contributed by atoms with van der Waals surface area (Å²) in [6.45, 7) is 4.20. The van der Waals surface area contributed by atoms with Crippen molar-refractivity contribution in [3.05, 3.63) is 229 Å². The third-order valence-corrected chi connectivity index (χ3v) is 12.8. The second-order valence-corrected chi connectivity index (χ2v) is 17.1. The molecule has 6 nitrogen and oxygen atoms in total. The zero-order chi connectivity index (χ0) is 44.4. The van der Waals surface area contributed by atoms with Crippen molar-refractivity contribution in [2.45, 2.75) is 23.6 Å². The van der Waals surface area contributed by atoms with E-state index in [0.29, 0.717) is 5.56 Å². The van der Waals surface area contributed by atoms with Gasteiger partial charge in [-0.1, -0.05) is 126 Å². The molecule has 0 aromatic heterocycles. The highest BCUT2D eigenvalue weighted by Crippen LogP contribution is 2.53. The number of carboxylic acids is 1. The number of aryl methyl sites for hydroxylation is 2. The highest BCUT2D eigenvalue weighted by Gasteiger charge is 2.27. The molecule has 0 unspecified atom stereocenters. The molecule has 0 fully saturated rings. The van der Waals surface area contributed by atoms with Crippen molar-refractivity contribution in [3.63, 3.8) is 0 Å². The van der Waals surface area contributed by atoms with Crippen molar-refractivity contribution in [2.75, 3.05) is 14.7 Å². The van der Waals surface area contributed by atoms with Gasteiger partial charge in [0.2, 0.25) is 0 Å². The molecule has 9 aromatic carbocycles. The molecule has 1 aliphatic rings. The number of carboxylic acid groups (broad SMARTS) is 1. The molecule has 0 saturated heterocycles. The van der Waals surface area contributed by atoms with Crippen LogP contribution in [0.4, 0.5) is 51.2 Å². The summed E-state index contributed by atoms with van der Waals surface area (Å²) in [7, 11) is 0. The Balaban J connectivity index is 1.04. The van der Waals surface area contributed by atoms with Crippen LogP contribution in [-0.4, -0.2) is 11.1 Å². The van der Waals surface area contributed by atoms with Gasteiger partial charge in [-0.15, -0.1) is 0 Å². The van der Waals surface area contributed by atoms with E-state index >= 15 is 0 Å². The lowest BCUT2D eigenvalue weighted by Crippen LogP contribution is -2.15. The first-order chi connectivity index (χ1) is 31.8. The van der Waals surface area contributed by atoms with Crippen molar-refractivity contribution in [3.8, 4) is 17.2 Å². The normalized spacial score (nSPS) is 12.0. The highest BCUT2D eigenvalue weighted by atomic mass is 32.2. The molecule has 0 radical (unpaired) electrons. The van der Waals surface area contributed by atoms with Crippen LogP contribution in [0.1, 0.15) is 16.7 Å². The van der Waals surface area contributed by atoms with Gasteiger partial charge in [-0.25, -0.2) is 4.79 Å². The largest absolute Gasteiger partial charge is 0.477 e. The average molecular weight is 859 g/mol. The first kappa shape index (κ1) is 40.7. The fraction of sp³-hybridized carbons (Fsp3) is 0.0345. The van der Waals surface area contributed by atoms with E-state index in [-0.39, 0.29) is 5.57 Å². The number of hydrogen-bond acceptors (Lipinski definition) is 6. The first-order valence-electron chi connectivity index (χ1n) is 21.4. The minimum absolute atomic E-state index is 0.317. The van der Waals surface area contributed by atoms with Crippen LogP contribution < -0.4 is 14.7 Å². The predicted molar refractivity (Wildman–Crippen MR) is 268 cm³/mol. The van der Waals surface area contributed by atoms with Crippen LogP contribution in [0.2, 0.25) is 0 Å². The lowest BCUT2D eigenvalue weighted by Gasteiger charge is -2.34. The summed E-state index contributed by atoms with van der Waals surface area (Å²) < 4.78 is 0. The van der Waals surface area contributed by atoms with E-state index in [1.807, 2.05) is 30.3 Å². The quantitative estimate of drug-likeness (QED) is 0.108. The summed E-state index contributed by atoms with van der Waals surface area (Å²) in [6.07, 6.45) is 1.43. The van der Waals surface area contributed by atoms with Gasteiger partial charge in [0.15, 0.2) is 0 Å². The van der Waals surface area contributed by atoms with Gasteiger partial charge in [-0.3, -0.25) is 0 Å². The third-order valence-electron chi connectivity index (χ3n) is 11.7. The van der Waals surface area contributed by atoms with Crippen molar-refractivity contribution in [2.24, 2.45) is 0 Å². The molecule has 0 amide bonds. The Kier molecular flexibility index (Phi) is 10.9. The van der Waals surface area contributed by atoms with Crippen LogP contribution in [0.3, 0.4) is 0 Å². The maximum absolute atomic E-state index is 11.8. The molecule has 0 atom stereocenters. The van der Waals surface area contributed by atoms with Crippen LogP contribution in [0, 0.1) is 25.2 Å². The number of hydrogen-bond donors (Lipinski definition) is 1. The van der Waals surface area contributed by atoms with Crippen LogP contribution in [0.15, 0.2) is 222 Å². The Morgan fingerprint density at radius 1 is 0.554 bits per heavy atom. The zero-order valence-electron chi connectivity index (χ0n) is 35.8. The molecular formula is C58H42N4O2S. The van der Waals surface area contributed by atoms with E-state index in [1.54, 1.807) is 11.8 Å². The summed E-state index contributed by atoms with van der Waals surface area (Å²) in [5, 5.41) is 21.6. The molecular weight excluding hydrogens is 817 g/mol. The number of rotatable bonds is 10. The second kappa shape index (κ2) is 17.5. The molecule has 1 aliphatic heterocycles. The molecule has 0 saturated carbocycles. The highest BCUT2D eigenvalue weighted by molar-refractivity contribution is 7.99. The number of aliphatic carboxylic acids is 1. The summed E-state index contributed by atoms with van der Waals surface area (Å²) in [5.41, 5.74) is 14.2. The minimum atomic E-state index is -1.25. The summed E-state index contributed by atoms with van der Waals surface area (Å²) in [5.74, 6) is -1.25. The third kappa shape index (κ3) is 8.11. The van der Waals surface area contributed by atoms with E-state index in [4.69, 9.17) is 0 Å². The van der Waals surface area contributed by atoms with Gasteiger partial charge in [0, 0.05) is 49.3 Å². The molecule has 1 N–H and O–H groups in total. The van der Waals surface area contributed by atoms with Crippen LogP contribution in [0.5, 0.6) is 0 Å². The monoisotopic (exact) mass is 858 g/mol. The number of benzene rings is 9. The average Bonchev–Trinajstić information content (AvgIpc) is 3.34. The summed E-state index contributed by atoms with van der Waals surface area (Å²) in [6, 6.07) is 74.2. The van der Waals surface area contributed by atoms with Crippen molar-refractivity contribution >= 4 is 85.8 Å². The SMILES string of the molecule is Cc1ccc(N(c2ccc(C)cc2)c2ccc(N3c4ccc(/C=C(/C#N)C(=O)O)cc4Sc4cc(-c5ccc(N(c6ccccc6)c6cccc7ccccc67)cc5)ccc43)cc2)cc1. The number of para-hydroxylation sites is 1. The number of nitrogens with zero attached hydrogens (tertiary/aromatic N) is 4. The van der Waals surface area contributed by atoms with Crippen LogP contribution in [-0.2, 0) is 4.79 Å². The molecule has 312 valence electrons. The maximum atomic E-state index is 11.8. The maximum Gasteiger partial charge on any atom is 0.346 e. The Morgan fingerprint density at radius 2 is 1.08 bits per heavy atom. The Labute approximate surface area is 383 Å². The van der Waals surface area contributed by atoms with Gasteiger partial charge in [-0.2, -0.15) is 5.26 Å². The van der Waals surface area contributed by atoms with Gasteiger partial charge in [-0.05, 0) is 145 Å². The van der Waals surface area contributed by atoms with Crippen LogP contribution >= 0.6 is 11.8 Å². The fourth-order valence-corrected chi connectivity index (χ4v) is 9.62. The smallest absolute Gasteiger partial charge is 0.346 e. The predicted octanol–water partition coefficient (Wildman–Crippen LogP) is 16.0. The number of carbonyl (C=O) groups is 1. The molecule has 9 aromatic rings. The number of nitriles is 1. The van der Waals surface area contributed by atoms with E-state index < -0.39 is 5.97 Å². The molecule has 1 heterocycles. The molecule has 7 heteroatoms. The van der Waals surface area contributed by atoms with Gasteiger partial charge in [0.1, 0.15) is 11.6 Å². The number of anilines is 9. The lowest BCUT2D eigenvalue weighted by molar-refractivity contribution is -0.132. The van der Waals surface area contributed by atoms with E-state index in [1.165, 1.54) is 28.0 Å². The van der Waals surface area contributed by atoms with Gasteiger partial charge in [0.05, 0.1) is 17.1 Å². The molecule has 0 bridgehead atoms. The number of fused-ring (bicyclic) bond motifs is 3. The Bertz CT molecular complexity index is 3240. The Hall–Kier alpha value is -8.31. The van der Waals surface area contributed by atoms with Gasteiger partial charge in [0.25, 0.3) is 0 Å². The minimum Gasteiger partial charge on any atom is -0.477 e. The van der Waals surface area contributed by atoms with Crippen LogP contribution in [0.25, 0.3) is 28.0 Å². The summed E-state index contributed by atoms with van der Waals surface area (Å²) in [4.78, 5) is 20.7. The molecule has 10 rings (SSSR count). The van der Waals surface area contributed by atoms with Gasteiger partial charge < -0.3 is 19.8 Å². The van der Waals surface area contributed by atoms with E-state index in [2.05, 4.69) is 211 Å². The van der Waals surface area contributed by atoms with Crippen molar-refractivity contribution in [1.82, 2.24) is 0 Å². The summed E-state index contributed by atoms with van der Waals surface area (Å²) >= 11 is 1.64. The zero-order valence-corrected chi connectivity index (χ0v) is 36.6. The molecule has 0 spiro atoms. The first-order valence-corrected chi connectivity index (χ1v) is 22.2. The second-order valence-electron chi connectivity index (χ2n) is 16.1. The fourth-order valence-electron chi connectivity index (χ4n) is 8.48. The standard InChI is InChI=1S/C58H42N4O2S/c1-39-15-23-47(24-16-39)60(48-25-17-40(2)18-26-48)49-29-31-51(32-30-49)62-54-33-19-41(35-45(38-59)58(63)64)36-56(54)65-57-37-44(22-34-55(57)62)42-20-27-50(28-21-42)61(46-11-4-3-5-12-46)53-14-8-10-43-9-6-7-13-52(43)53/h3-37H,1-2H3,(H,63,64)/b45-35-.